The minimum atomic E-state index is -0.846. The van der Waals surface area contributed by atoms with Gasteiger partial charge in [-0.15, -0.1) is 0 Å². The van der Waals surface area contributed by atoms with Gasteiger partial charge in [-0.1, -0.05) is 62.2 Å². The second kappa shape index (κ2) is 12.0. The predicted octanol–water partition coefficient (Wildman–Crippen LogP) is 6.22. The minimum absolute atomic E-state index is 0.0815. The van der Waals surface area contributed by atoms with Crippen LogP contribution in [0.5, 0.6) is 0 Å². The smallest absolute Gasteiger partial charge is 0.408 e. The van der Waals surface area contributed by atoms with Gasteiger partial charge in [-0.3, -0.25) is 9.59 Å². The number of ether oxygens (including phenoxy) is 1. The van der Waals surface area contributed by atoms with Gasteiger partial charge in [0.05, 0.1) is 0 Å². The molecule has 1 fully saturated rings. The van der Waals surface area contributed by atoms with Crippen molar-refractivity contribution in [2.75, 3.05) is 5.32 Å². The van der Waals surface area contributed by atoms with Crippen molar-refractivity contribution in [2.45, 2.75) is 98.4 Å². The van der Waals surface area contributed by atoms with Crippen LogP contribution in [0.3, 0.4) is 0 Å². The standard InChI is InChI=1S/C31H43N3O4/c1-9-20(3)26(33-30(37)38-31(6,7)8)29(36)34(23-16-17-23)27(24-18-19(2)14-15-21(24)4)28(35)32-25-13-11-10-12-22(25)5/h10-15,18,20,23,26-27H,9,16-17H2,1-8H3,(H,32,35)(H,33,37). The first-order chi connectivity index (χ1) is 17.8. The maximum absolute atomic E-state index is 14.3. The quantitative estimate of drug-likeness (QED) is 0.410. The first-order valence-corrected chi connectivity index (χ1v) is 13.6. The van der Waals surface area contributed by atoms with E-state index in [2.05, 4.69) is 10.6 Å². The first kappa shape index (κ1) is 29.2. The van der Waals surface area contributed by atoms with Gasteiger partial charge in [0.1, 0.15) is 17.7 Å². The Bertz CT molecular complexity index is 1170. The zero-order chi connectivity index (χ0) is 28.2. The number of hydrogen-bond acceptors (Lipinski definition) is 4. The monoisotopic (exact) mass is 521 g/mol. The zero-order valence-corrected chi connectivity index (χ0v) is 24.1. The maximum atomic E-state index is 14.3. The van der Waals surface area contributed by atoms with E-state index >= 15 is 0 Å². The Morgan fingerprint density at radius 2 is 1.68 bits per heavy atom. The zero-order valence-electron chi connectivity index (χ0n) is 24.1. The average molecular weight is 522 g/mol. The number of rotatable bonds is 9. The summed E-state index contributed by atoms with van der Waals surface area (Å²) < 4.78 is 5.49. The maximum Gasteiger partial charge on any atom is 0.408 e. The van der Waals surface area contributed by atoms with Crippen LogP contribution in [0.25, 0.3) is 0 Å². The van der Waals surface area contributed by atoms with Gasteiger partial charge in [0.25, 0.3) is 5.91 Å². The third kappa shape index (κ3) is 7.36. The predicted molar refractivity (Wildman–Crippen MR) is 151 cm³/mol. The molecule has 0 heterocycles. The van der Waals surface area contributed by atoms with E-state index in [1.165, 1.54) is 0 Å². The van der Waals surface area contributed by atoms with Crippen molar-refractivity contribution in [2.24, 2.45) is 5.92 Å². The first-order valence-electron chi connectivity index (χ1n) is 13.6. The van der Waals surface area contributed by atoms with Crippen LogP contribution in [0.4, 0.5) is 10.5 Å². The summed E-state index contributed by atoms with van der Waals surface area (Å²) in [4.78, 5) is 42.9. The Morgan fingerprint density at radius 3 is 2.26 bits per heavy atom. The molecule has 3 unspecified atom stereocenters. The van der Waals surface area contributed by atoms with Crippen LogP contribution >= 0.6 is 0 Å². The summed E-state index contributed by atoms with van der Waals surface area (Å²) in [5, 5.41) is 5.92. The van der Waals surface area contributed by atoms with E-state index in [1.807, 2.05) is 77.1 Å². The van der Waals surface area contributed by atoms with Crippen LogP contribution in [-0.4, -0.2) is 40.5 Å². The number of hydrogen-bond donors (Lipinski definition) is 2. The van der Waals surface area contributed by atoms with Crippen molar-refractivity contribution in [1.29, 1.82) is 0 Å². The van der Waals surface area contributed by atoms with E-state index in [9.17, 15) is 14.4 Å². The highest BCUT2D eigenvalue weighted by Gasteiger charge is 2.45. The second-order valence-corrected chi connectivity index (χ2v) is 11.6. The van der Waals surface area contributed by atoms with Crippen molar-refractivity contribution in [3.63, 3.8) is 0 Å². The number of carbonyl (C=O) groups is 3. The molecule has 0 saturated heterocycles. The molecular formula is C31H43N3O4. The third-order valence-electron chi connectivity index (χ3n) is 7.00. The average Bonchev–Trinajstić information content (AvgIpc) is 3.67. The fraction of sp³-hybridized carbons (Fsp3) is 0.516. The van der Waals surface area contributed by atoms with Crippen LogP contribution in [0, 0.1) is 26.7 Å². The van der Waals surface area contributed by atoms with Crippen LogP contribution in [0.15, 0.2) is 42.5 Å². The molecule has 38 heavy (non-hydrogen) atoms. The number of benzene rings is 2. The lowest BCUT2D eigenvalue weighted by molar-refractivity contribution is -0.142. The van der Waals surface area contributed by atoms with Gasteiger partial charge in [0, 0.05) is 11.7 Å². The van der Waals surface area contributed by atoms with E-state index < -0.39 is 23.8 Å². The fourth-order valence-corrected chi connectivity index (χ4v) is 4.54. The number of amides is 3. The summed E-state index contributed by atoms with van der Waals surface area (Å²) in [6.45, 7) is 15.2. The van der Waals surface area contributed by atoms with Crippen LogP contribution < -0.4 is 10.6 Å². The molecule has 3 amide bonds. The summed E-state index contributed by atoms with van der Waals surface area (Å²) in [5.74, 6) is -0.693. The van der Waals surface area contributed by atoms with Gasteiger partial charge in [-0.2, -0.15) is 0 Å². The normalized spacial score (nSPS) is 15.7. The van der Waals surface area contributed by atoms with Crippen molar-refractivity contribution in [1.82, 2.24) is 10.2 Å². The largest absolute Gasteiger partial charge is 0.444 e. The van der Waals surface area contributed by atoms with E-state index in [4.69, 9.17) is 4.74 Å². The van der Waals surface area contributed by atoms with Gasteiger partial charge < -0.3 is 20.3 Å². The van der Waals surface area contributed by atoms with Crippen molar-refractivity contribution in [3.05, 3.63) is 64.7 Å². The molecule has 2 N–H and O–H groups in total. The van der Waals surface area contributed by atoms with Gasteiger partial charge in [0.2, 0.25) is 5.91 Å². The Hall–Kier alpha value is -3.35. The number of para-hydroxylation sites is 1. The molecule has 7 heteroatoms. The molecule has 3 rings (SSSR count). The minimum Gasteiger partial charge on any atom is -0.444 e. The Morgan fingerprint density at radius 1 is 1.03 bits per heavy atom. The molecular weight excluding hydrogens is 478 g/mol. The molecule has 3 atom stereocenters. The Kier molecular flexibility index (Phi) is 9.23. The van der Waals surface area contributed by atoms with E-state index in [1.54, 1.807) is 25.7 Å². The number of anilines is 1. The van der Waals surface area contributed by atoms with Gasteiger partial charge in [-0.05, 0) is 83.1 Å². The molecule has 1 aliphatic rings. The van der Waals surface area contributed by atoms with Crippen LogP contribution in [0.1, 0.15) is 82.2 Å². The summed E-state index contributed by atoms with van der Waals surface area (Å²) >= 11 is 0. The van der Waals surface area contributed by atoms with Crippen molar-refractivity contribution in [3.8, 4) is 0 Å². The van der Waals surface area contributed by atoms with Crippen LogP contribution in [0.2, 0.25) is 0 Å². The Balaban J connectivity index is 2.06. The topological polar surface area (TPSA) is 87.7 Å². The lowest BCUT2D eigenvalue weighted by Crippen LogP contribution is -2.55. The van der Waals surface area contributed by atoms with Gasteiger partial charge >= 0.3 is 6.09 Å². The Labute approximate surface area is 227 Å². The highest BCUT2D eigenvalue weighted by atomic mass is 16.6. The number of nitrogens with one attached hydrogen (secondary N) is 2. The SMILES string of the molecule is CCC(C)C(NC(=O)OC(C)(C)C)C(=O)N(C1CC1)C(C(=O)Nc1ccccc1C)c1cc(C)ccc1C. The number of alkyl carbamates (subject to hydrolysis) is 1. The number of aryl methyl sites for hydroxylation is 3. The van der Waals surface area contributed by atoms with Crippen molar-refractivity contribution < 1.29 is 19.1 Å². The molecule has 0 aromatic heterocycles. The fourth-order valence-electron chi connectivity index (χ4n) is 4.54. The van der Waals surface area contributed by atoms with Crippen molar-refractivity contribution >= 4 is 23.6 Å². The molecule has 0 radical (unpaired) electrons. The molecule has 0 bridgehead atoms. The van der Waals surface area contributed by atoms with E-state index in [0.717, 1.165) is 35.1 Å². The molecule has 2 aromatic rings. The highest BCUT2D eigenvalue weighted by Crippen LogP contribution is 2.38. The molecule has 1 aliphatic carbocycles. The van der Waals surface area contributed by atoms with E-state index in [-0.39, 0.29) is 23.8 Å². The molecule has 7 nitrogen and oxygen atoms in total. The molecule has 0 aliphatic heterocycles. The lowest BCUT2D eigenvalue weighted by Gasteiger charge is -2.37. The summed E-state index contributed by atoms with van der Waals surface area (Å²) in [6, 6.07) is 11.8. The molecule has 2 aromatic carbocycles. The summed E-state index contributed by atoms with van der Waals surface area (Å²) in [7, 11) is 0. The van der Waals surface area contributed by atoms with E-state index in [0.29, 0.717) is 12.1 Å². The lowest BCUT2D eigenvalue weighted by atomic mass is 9.93. The molecule has 206 valence electrons. The number of carbonyl (C=O) groups excluding carboxylic acids is 3. The second-order valence-electron chi connectivity index (χ2n) is 11.6. The summed E-state index contributed by atoms with van der Waals surface area (Å²) in [6.07, 6.45) is 1.66. The third-order valence-corrected chi connectivity index (χ3v) is 7.00. The van der Waals surface area contributed by atoms with Gasteiger partial charge in [0.15, 0.2) is 0 Å². The molecule has 1 saturated carbocycles. The summed E-state index contributed by atoms with van der Waals surface area (Å²) in [5.41, 5.74) is 3.68. The molecule has 0 spiro atoms. The highest BCUT2D eigenvalue weighted by molar-refractivity contribution is 6.00. The van der Waals surface area contributed by atoms with Crippen LogP contribution in [-0.2, 0) is 14.3 Å². The number of nitrogens with zero attached hydrogens (tertiary/aromatic N) is 1. The van der Waals surface area contributed by atoms with Gasteiger partial charge in [-0.25, -0.2) is 4.79 Å².